The lowest BCUT2D eigenvalue weighted by atomic mass is 10.2. The van der Waals surface area contributed by atoms with Gasteiger partial charge in [0.1, 0.15) is 5.82 Å². The molecule has 4 heteroatoms. The van der Waals surface area contributed by atoms with Crippen molar-refractivity contribution in [3.05, 3.63) is 30.1 Å². The van der Waals surface area contributed by atoms with Crippen molar-refractivity contribution in [3.8, 4) is 0 Å². The molecule has 3 nitrogen and oxygen atoms in total. The maximum atomic E-state index is 4.61. The van der Waals surface area contributed by atoms with Crippen LogP contribution < -0.4 is 5.32 Å². The summed E-state index contributed by atoms with van der Waals surface area (Å²) in [6.45, 7) is 1.10. The number of thioether (sulfide) groups is 1. The third-order valence-corrected chi connectivity index (χ3v) is 4.84. The van der Waals surface area contributed by atoms with Crippen LogP contribution in [-0.2, 0) is 6.42 Å². The van der Waals surface area contributed by atoms with Crippen LogP contribution in [0.2, 0.25) is 0 Å². The molecule has 102 valence electrons. The van der Waals surface area contributed by atoms with Gasteiger partial charge in [0.2, 0.25) is 0 Å². The van der Waals surface area contributed by atoms with Gasteiger partial charge in [-0.3, -0.25) is 0 Å². The van der Waals surface area contributed by atoms with E-state index < -0.39 is 0 Å². The number of hydrogen-bond donors (Lipinski definition) is 2. The van der Waals surface area contributed by atoms with Gasteiger partial charge in [0.25, 0.3) is 0 Å². The van der Waals surface area contributed by atoms with Gasteiger partial charge in [0, 0.05) is 18.2 Å². The van der Waals surface area contributed by atoms with Gasteiger partial charge in [-0.05, 0) is 43.7 Å². The third-order valence-electron chi connectivity index (χ3n) is 3.62. The largest absolute Gasteiger partial charge is 0.342 e. The molecule has 1 aromatic carbocycles. The Labute approximate surface area is 118 Å². The zero-order valence-electron chi connectivity index (χ0n) is 11.2. The highest BCUT2D eigenvalue weighted by Crippen LogP contribution is 2.17. The fourth-order valence-electron chi connectivity index (χ4n) is 2.59. The first kappa shape index (κ1) is 13.0. The van der Waals surface area contributed by atoms with Crippen LogP contribution in [0.15, 0.2) is 24.3 Å². The summed E-state index contributed by atoms with van der Waals surface area (Å²) in [6.07, 6.45) is 4.89. The standard InChI is InChI=1S/C15H21N3S/c1-2-7-14-13(6-1)17-15(18-14)8-3-9-16-12-5-4-10-19-11-12/h1-2,6-7,12,16H,3-5,8-11H2,(H,17,18). The number of aromatic amines is 1. The first-order chi connectivity index (χ1) is 9.42. The smallest absolute Gasteiger partial charge is 0.107 e. The minimum absolute atomic E-state index is 0.731. The van der Waals surface area contributed by atoms with Crippen LogP contribution in [0.3, 0.4) is 0 Å². The van der Waals surface area contributed by atoms with Gasteiger partial charge in [0.05, 0.1) is 11.0 Å². The molecule has 3 rings (SSSR count). The maximum Gasteiger partial charge on any atom is 0.107 e. The molecule has 0 saturated carbocycles. The molecule has 0 radical (unpaired) electrons. The molecular formula is C15H21N3S. The topological polar surface area (TPSA) is 40.7 Å². The highest BCUT2D eigenvalue weighted by atomic mass is 32.2. The number of hydrogen-bond acceptors (Lipinski definition) is 3. The summed E-state index contributed by atoms with van der Waals surface area (Å²) in [5.41, 5.74) is 2.23. The highest BCUT2D eigenvalue weighted by Gasteiger charge is 2.12. The average Bonchev–Trinajstić information content (AvgIpc) is 2.87. The lowest BCUT2D eigenvalue weighted by Crippen LogP contribution is -2.34. The SMILES string of the molecule is c1ccc2[nH]c(CCCNC3CCCSC3)nc2c1. The van der Waals surface area contributed by atoms with Crippen LogP contribution >= 0.6 is 11.8 Å². The fourth-order valence-corrected chi connectivity index (χ4v) is 3.69. The van der Waals surface area contributed by atoms with E-state index in [4.69, 9.17) is 0 Å². The molecular weight excluding hydrogens is 254 g/mol. The Hall–Kier alpha value is -1.00. The molecule has 0 spiro atoms. The first-order valence-corrected chi connectivity index (χ1v) is 8.32. The van der Waals surface area contributed by atoms with Crippen molar-refractivity contribution in [1.82, 2.24) is 15.3 Å². The van der Waals surface area contributed by atoms with Gasteiger partial charge in [0.15, 0.2) is 0 Å². The summed E-state index contributed by atoms with van der Waals surface area (Å²) in [7, 11) is 0. The number of aryl methyl sites for hydroxylation is 1. The molecule has 1 fully saturated rings. The van der Waals surface area contributed by atoms with E-state index in [9.17, 15) is 0 Å². The Balaban J connectivity index is 1.44. The molecule has 2 N–H and O–H groups in total. The second-order valence-electron chi connectivity index (χ2n) is 5.17. The number of nitrogens with one attached hydrogen (secondary N) is 2. The van der Waals surface area contributed by atoms with Crippen molar-refractivity contribution in [2.24, 2.45) is 0 Å². The van der Waals surface area contributed by atoms with Crippen LogP contribution in [0.4, 0.5) is 0 Å². The maximum absolute atomic E-state index is 4.61. The lowest BCUT2D eigenvalue weighted by Gasteiger charge is -2.22. The monoisotopic (exact) mass is 275 g/mol. The third kappa shape index (κ3) is 3.51. The summed E-state index contributed by atoms with van der Waals surface area (Å²) in [4.78, 5) is 8.00. The summed E-state index contributed by atoms with van der Waals surface area (Å²) >= 11 is 2.08. The molecule has 1 aliphatic heterocycles. The van der Waals surface area contributed by atoms with Crippen LogP contribution in [0.25, 0.3) is 11.0 Å². The van der Waals surface area contributed by atoms with E-state index >= 15 is 0 Å². The van der Waals surface area contributed by atoms with Crippen LogP contribution in [0.1, 0.15) is 25.1 Å². The molecule has 1 unspecified atom stereocenters. The van der Waals surface area contributed by atoms with Crippen molar-refractivity contribution in [3.63, 3.8) is 0 Å². The minimum atomic E-state index is 0.731. The number of imidazole rings is 1. The number of para-hydroxylation sites is 2. The van der Waals surface area contributed by atoms with Crippen LogP contribution in [0.5, 0.6) is 0 Å². The van der Waals surface area contributed by atoms with E-state index in [-0.39, 0.29) is 0 Å². The molecule has 0 aliphatic carbocycles. The zero-order chi connectivity index (χ0) is 12.9. The molecule has 1 aromatic heterocycles. The van der Waals surface area contributed by atoms with Crippen molar-refractivity contribution in [2.45, 2.75) is 31.7 Å². The van der Waals surface area contributed by atoms with Gasteiger partial charge in [-0.15, -0.1) is 0 Å². The number of H-pyrrole nitrogens is 1. The van der Waals surface area contributed by atoms with Crippen molar-refractivity contribution >= 4 is 22.8 Å². The molecule has 0 amide bonds. The van der Waals surface area contributed by atoms with Crippen molar-refractivity contribution in [2.75, 3.05) is 18.1 Å². The summed E-state index contributed by atoms with van der Waals surface area (Å²) in [5.74, 6) is 3.74. The summed E-state index contributed by atoms with van der Waals surface area (Å²) in [5, 5.41) is 3.66. The molecule has 2 heterocycles. The molecule has 19 heavy (non-hydrogen) atoms. The number of fused-ring (bicyclic) bond motifs is 1. The quantitative estimate of drug-likeness (QED) is 0.824. The molecule has 1 atom stereocenters. The van der Waals surface area contributed by atoms with E-state index in [1.807, 2.05) is 12.1 Å². The minimum Gasteiger partial charge on any atom is -0.342 e. The molecule has 1 saturated heterocycles. The van der Waals surface area contributed by atoms with Crippen LogP contribution in [-0.4, -0.2) is 34.1 Å². The molecule has 1 aliphatic rings. The van der Waals surface area contributed by atoms with E-state index in [2.05, 4.69) is 39.2 Å². The summed E-state index contributed by atoms with van der Waals surface area (Å²) < 4.78 is 0. The molecule has 0 bridgehead atoms. The Morgan fingerprint density at radius 3 is 3.16 bits per heavy atom. The van der Waals surface area contributed by atoms with Gasteiger partial charge in [-0.2, -0.15) is 11.8 Å². The zero-order valence-corrected chi connectivity index (χ0v) is 12.0. The first-order valence-electron chi connectivity index (χ1n) is 7.16. The van der Waals surface area contributed by atoms with E-state index in [1.54, 1.807) is 0 Å². The summed E-state index contributed by atoms with van der Waals surface area (Å²) in [6, 6.07) is 8.97. The van der Waals surface area contributed by atoms with E-state index in [0.29, 0.717) is 0 Å². The number of benzene rings is 1. The fraction of sp³-hybridized carbons (Fsp3) is 0.533. The van der Waals surface area contributed by atoms with E-state index in [1.165, 1.54) is 24.3 Å². The predicted octanol–water partition coefficient (Wildman–Crippen LogP) is 2.98. The lowest BCUT2D eigenvalue weighted by molar-refractivity contribution is 0.499. The van der Waals surface area contributed by atoms with Gasteiger partial charge >= 0.3 is 0 Å². The average molecular weight is 275 g/mol. The predicted molar refractivity (Wildman–Crippen MR) is 82.8 cm³/mol. The number of aromatic nitrogens is 2. The molecule has 2 aromatic rings. The van der Waals surface area contributed by atoms with Crippen LogP contribution in [0, 0.1) is 0 Å². The Bertz CT molecular complexity index is 484. The Morgan fingerprint density at radius 2 is 2.32 bits per heavy atom. The number of nitrogens with zero attached hydrogens (tertiary/aromatic N) is 1. The second kappa shape index (κ2) is 6.44. The van der Waals surface area contributed by atoms with Gasteiger partial charge < -0.3 is 10.3 Å². The Kier molecular flexibility index (Phi) is 4.41. The number of rotatable bonds is 5. The highest BCUT2D eigenvalue weighted by molar-refractivity contribution is 7.99. The van der Waals surface area contributed by atoms with E-state index in [0.717, 1.165) is 42.3 Å². The Morgan fingerprint density at radius 1 is 1.37 bits per heavy atom. The van der Waals surface area contributed by atoms with Gasteiger partial charge in [-0.25, -0.2) is 4.98 Å². The normalized spacial score (nSPS) is 19.9. The van der Waals surface area contributed by atoms with Crippen molar-refractivity contribution in [1.29, 1.82) is 0 Å². The van der Waals surface area contributed by atoms with Crippen molar-refractivity contribution < 1.29 is 0 Å². The van der Waals surface area contributed by atoms with Gasteiger partial charge in [-0.1, -0.05) is 12.1 Å². The second-order valence-corrected chi connectivity index (χ2v) is 6.32.